The van der Waals surface area contributed by atoms with Crippen LogP contribution >= 0.6 is 11.8 Å². The molecular formula is C21H24N4O2S. The normalized spacial score (nSPS) is 10.7. The Balaban J connectivity index is 1.55. The molecule has 0 unspecified atom stereocenters. The lowest BCUT2D eigenvalue weighted by molar-refractivity contribution is -0.113. The first kappa shape index (κ1) is 19.9. The van der Waals surface area contributed by atoms with Gasteiger partial charge in [-0.05, 0) is 55.7 Å². The lowest BCUT2D eigenvalue weighted by atomic mass is 10.1. The minimum absolute atomic E-state index is 0.0738. The van der Waals surface area contributed by atoms with Gasteiger partial charge in [-0.25, -0.2) is 0 Å². The van der Waals surface area contributed by atoms with Gasteiger partial charge < -0.3 is 14.6 Å². The first-order valence-electron chi connectivity index (χ1n) is 9.00. The summed E-state index contributed by atoms with van der Waals surface area (Å²) in [5.41, 5.74) is 4.17. The van der Waals surface area contributed by atoms with Crippen LogP contribution in [0.15, 0.2) is 47.6 Å². The molecule has 0 saturated carbocycles. The number of ether oxygens (including phenoxy) is 1. The van der Waals surface area contributed by atoms with Gasteiger partial charge in [-0.15, -0.1) is 10.2 Å². The van der Waals surface area contributed by atoms with Crippen LogP contribution in [0.2, 0.25) is 0 Å². The molecule has 1 N–H and O–H groups in total. The molecule has 0 atom stereocenters. The molecule has 0 spiro atoms. The second kappa shape index (κ2) is 8.93. The van der Waals surface area contributed by atoms with Crippen molar-refractivity contribution in [2.75, 3.05) is 11.1 Å². The van der Waals surface area contributed by atoms with E-state index in [2.05, 4.69) is 21.6 Å². The van der Waals surface area contributed by atoms with Crippen molar-refractivity contribution in [3.05, 3.63) is 65.0 Å². The fraction of sp³-hybridized carbons (Fsp3) is 0.286. The number of thioether (sulfide) groups is 1. The Bertz CT molecular complexity index is 964. The van der Waals surface area contributed by atoms with Crippen LogP contribution in [0.1, 0.15) is 22.5 Å². The quantitative estimate of drug-likeness (QED) is 0.610. The van der Waals surface area contributed by atoms with Gasteiger partial charge in [-0.1, -0.05) is 36.0 Å². The zero-order valence-electron chi connectivity index (χ0n) is 16.5. The van der Waals surface area contributed by atoms with E-state index in [9.17, 15) is 4.79 Å². The summed E-state index contributed by atoms with van der Waals surface area (Å²) < 4.78 is 7.71. The summed E-state index contributed by atoms with van der Waals surface area (Å²) in [5, 5.41) is 12.0. The molecular weight excluding hydrogens is 372 g/mol. The van der Waals surface area contributed by atoms with Crippen molar-refractivity contribution in [1.82, 2.24) is 14.8 Å². The van der Waals surface area contributed by atoms with E-state index in [0.717, 1.165) is 28.1 Å². The third kappa shape index (κ3) is 5.13. The van der Waals surface area contributed by atoms with Crippen LogP contribution in [0.4, 0.5) is 5.69 Å². The Morgan fingerprint density at radius 1 is 1.11 bits per heavy atom. The van der Waals surface area contributed by atoms with Gasteiger partial charge in [0.15, 0.2) is 11.0 Å². The Hall–Kier alpha value is -2.80. The van der Waals surface area contributed by atoms with E-state index in [1.807, 2.05) is 68.8 Å². The number of carbonyl (C=O) groups excluding carboxylic acids is 1. The first-order valence-corrected chi connectivity index (χ1v) is 9.98. The van der Waals surface area contributed by atoms with Gasteiger partial charge >= 0.3 is 0 Å². The van der Waals surface area contributed by atoms with Crippen molar-refractivity contribution in [3.8, 4) is 5.75 Å². The molecule has 0 radical (unpaired) electrons. The van der Waals surface area contributed by atoms with E-state index >= 15 is 0 Å². The van der Waals surface area contributed by atoms with Crippen LogP contribution in [0.3, 0.4) is 0 Å². The molecule has 3 rings (SSSR count). The van der Waals surface area contributed by atoms with Gasteiger partial charge in [0.1, 0.15) is 12.4 Å². The fourth-order valence-electron chi connectivity index (χ4n) is 2.79. The maximum Gasteiger partial charge on any atom is 0.234 e. The Labute approximate surface area is 169 Å². The average Bonchev–Trinajstić information content (AvgIpc) is 2.99. The summed E-state index contributed by atoms with van der Waals surface area (Å²) in [7, 11) is 1.88. The number of carbonyl (C=O) groups is 1. The second-order valence-corrected chi connectivity index (χ2v) is 7.66. The van der Waals surface area contributed by atoms with Crippen molar-refractivity contribution in [3.63, 3.8) is 0 Å². The van der Waals surface area contributed by atoms with Crippen molar-refractivity contribution in [2.45, 2.75) is 32.5 Å². The van der Waals surface area contributed by atoms with Gasteiger partial charge in [0, 0.05) is 12.7 Å². The molecule has 0 aliphatic carbocycles. The van der Waals surface area contributed by atoms with Gasteiger partial charge in [0.05, 0.1) is 5.75 Å². The van der Waals surface area contributed by atoms with E-state index < -0.39 is 0 Å². The van der Waals surface area contributed by atoms with Gasteiger partial charge in [0.25, 0.3) is 0 Å². The van der Waals surface area contributed by atoms with Crippen LogP contribution in [-0.4, -0.2) is 26.4 Å². The number of hydrogen-bond acceptors (Lipinski definition) is 5. The third-order valence-corrected chi connectivity index (χ3v) is 5.26. The van der Waals surface area contributed by atoms with E-state index in [-0.39, 0.29) is 11.7 Å². The smallest absolute Gasteiger partial charge is 0.234 e. The Morgan fingerprint density at radius 3 is 2.54 bits per heavy atom. The molecule has 1 heterocycles. The lowest BCUT2D eigenvalue weighted by Gasteiger charge is -2.09. The maximum absolute atomic E-state index is 12.2. The molecule has 0 aliphatic heterocycles. The summed E-state index contributed by atoms with van der Waals surface area (Å²) in [6.45, 7) is 6.37. The highest BCUT2D eigenvalue weighted by Gasteiger charge is 2.13. The van der Waals surface area contributed by atoms with Crippen molar-refractivity contribution < 1.29 is 9.53 Å². The maximum atomic E-state index is 12.2. The van der Waals surface area contributed by atoms with Crippen molar-refractivity contribution in [1.29, 1.82) is 0 Å². The fourth-order valence-corrected chi connectivity index (χ4v) is 3.52. The first-order chi connectivity index (χ1) is 13.4. The highest BCUT2D eigenvalue weighted by molar-refractivity contribution is 7.99. The molecule has 3 aromatic rings. The zero-order chi connectivity index (χ0) is 20.1. The topological polar surface area (TPSA) is 69.0 Å². The molecule has 2 aromatic carbocycles. The standard InChI is InChI=1S/C21H24N4O2S/c1-14-9-15(2)11-17(10-14)27-12-19-23-24-21(25(19)4)28-13-20(26)22-18-8-6-5-7-16(18)3/h5-11H,12-13H2,1-4H3,(H,22,26). The molecule has 146 valence electrons. The number of para-hydroxylation sites is 1. The second-order valence-electron chi connectivity index (χ2n) is 6.72. The number of nitrogens with zero attached hydrogens (tertiary/aromatic N) is 3. The predicted molar refractivity (Wildman–Crippen MR) is 112 cm³/mol. The van der Waals surface area contributed by atoms with E-state index in [1.54, 1.807) is 0 Å². The molecule has 1 amide bonds. The lowest BCUT2D eigenvalue weighted by Crippen LogP contribution is -2.15. The molecule has 0 bridgehead atoms. The minimum atomic E-state index is -0.0738. The number of aromatic nitrogens is 3. The number of amides is 1. The number of aryl methyl sites for hydroxylation is 3. The Kier molecular flexibility index (Phi) is 6.36. The Morgan fingerprint density at radius 2 is 1.82 bits per heavy atom. The summed E-state index contributed by atoms with van der Waals surface area (Å²) >= 11 is 1.35. The largest absolute Gasteiger partial charge is 0.486 e. The summed E-state index contributed by atoms with van der Waals surface area (Å²) in [6, 6.07) is 13.8. The highest BCUT2D eigenvalue weighted by Crippen LogP contribution is 2.20. The molecule has 0 saturated heterocycles. The van der Waals surface area contributed by atoms with E-state index in [1.165, 1.54) is 11.8 Å². The van der Waals surface area contributed by atoms with Gasteiger partial charge in [-0.3, -0.25) is 4.79 Å². The number of hydrogen-bond donors (Lipinski definition) is 1. The van der Waals surface area contributed by atoms with Crippen LogP contribution in [-0.2, 0) is 18.4 Å². The van der Waals surface area contributed by atoms with E-state index in [4.69, 9.17) is 4.74 Å². The SMILES string of the molecule is Cc1cc(C)cc(OCc2nnc(SCC(=O)Nc3ccccc3C)n2C)c1. The van der Waals surface area contributed by atoms with Gasteiger partial charge in [-0.2, -0.15) is 0 Å². The number of rotatable bonds is 7. The average molecular weight is 397 g/mol. The van der Waals surface area contributed by atoms with Crippen LogP contribution in [0.25, 0.3) is 0 Å². The number of anilines is 1. The highest BCUT2D eigenvalue weighted by atomic mass is 32.2. The van der Waals surface area contributed by atoms with Crippen molar-refractivity contribution in [2.24, 2.45) is 7.05 Å². The summed E-state index contributed by atoms with van der Waals surface area (Å²) in [5.74, 6) is 1.71. The molecule has 6 nitrogen and oxygen atoms in total. The van der Waals surface area contributed by atoms with Crippen LogP contribution < -0.4 is 10.1 Å². The molecule has 1 aromatic heterocycles. The van der Waals surface area contributed by atoms with E-state index in [0.29, 0.717) is 17.6 Å². The minimum Gasteiger partial charge on any atom is -0.486 e. The number of nitrogens with one attached hydrogen (secondary N) is 1. The summed E-state index contributed by atoms with van der Waals surface area (Å²) in [4.78, 5) is 12.2. The monoisotopic (exact) mass is 396 g/mol. The number of benzene rings is 2. The molecule has 0 aliphatic rings. The predicted octanol–water partition coefficient (Wildman–Crippen LogP) is 4.05. The third-order valence-electron chi connectivity index (χ3n) is 4.24. The van der Waals surface area contributed by atoms with Crippen LogP contribution in [0.5, 0.6) is 5.75 Å². The van der Waals surface area contributed by atoms with Crippen LogP contribution in [0, 0.1) is 20.8 Å². The van der Waals surface area contributed by atoms with Gasteiger partial charge in [0.2, 0.25) is 5.91 Å². The molecule has 28 heavy (non-hydrogen) atoms. The zero-order valence-corrected chi connectivity index (χ0v) is 17.3. The molecule has 7 heteroatoms. The summed E-state index contributed by atoms with van der Waals surface area (Å²) in [6.07, 6.45) is 0. The molecule has 0 fully saturated rings. The van der Waals surface area contributed by atoms with Crippen molar-refractivity contribution >= 4 is 23.4 Å².